The van der Waals surface area contributed by atoms with Gasteiger partial charge in [0.05, 0.1) is 24.2 Å². The van der Waals surface area contributed by atoms with Gasteiger partial charge in [-0.1, -0.05) is 29.9 Å². The molecule has 0 N–H and O–H groups in total. The minimum atomic E-state index is -3.67. The molecule has 0 atom stereocenters. The maximum atomic E-state index is 9.67. The Bertz CT molecular complexity index is 868. The SMILES string of the molecule is COc1ccc(-n2nc(C)cc2C2=CC=C(CCSC)CC=C2)cc1.FC(F)F. The number of allylic oxidation sites excluding steroid dienone is 6. The largest absolute Gasteiger partial charge is 0.497 e. The summed E-state index contributed by atoms with van der Waals surface area (Å²) in [6, 6.07) is 10.1. The van der Waals surface area contributed by atoms with Crippen LogP contribution < -0.4 is 4.74 Å². The predicted octanol–water partition coefficient (Wildman–Crippen LogP) is 6.39. The lowest BCUT2D eigenvalue weighted by Crippen LogP contribution is -2.01. The second kappa shape index (κ2) is 11.6. The Morgan fingerprint density at radius 2 is 1.86 bits per heavy atom. The average Bonchev–Trinajstić information content (AvgIpc) is 2.93. The number of hydrogen-bond donors (Lipinski definition) is 0. The van der Waals surface area contributed by atoms with Crippen LogP contribution in [-0.2, 0) is 0 Å². The van der Waals surface area contributed by atoms with Crippen molar-refractivity contribution in [1.82, 2.24) is 9.78 Å². The second-order valence-corrected chi connectivity index (χ2v) is 7.31. The van der Waals surface area contributed by atoms with E-state index in [9.17, 15) is 13.2 Å². The molecule has 7 heteroatoms. The molecule has 0 radical (unpaired) electrons. The number of aromatic nitrogens is 2. The molecule has 3 nitrogen and oxygen atoms in total. The van der Waals surface area contributed by atoms with Gasteiger partial charge in [0.15, 0.2) is 0 Å². The summed E-state index contributed by atoms with van der Waals surface area (Å²) in [5, 5.41) is 4.69. The van der Waals surface area contributed by atoms with E-state index in [1.165, 1.54) is 16.9 Å². The molecule has 0 spiro atoms. The summed E-state index contributed by atoms with van der Waals surface area (Å²) in [6.45, 7) is -1.63. The monoisotopic (exact) mass is 422 g/mol. The number of hydrogen-bond acceptors (Lipinski definition) is 3. The van der Waals surface area contributed by atoms with Crippen molar-refractivity contribution in [2.75, 3.05) is 19.1 Å². The topological polar surface area (TPSA) is 27.1 Å². The molecule has 0 saturated carbocycles. The molecule has 1 aromatic heterocycles. The van der Waals surface area contributed by atoms with E-state index in [-0.39, 0.29) is 0 Å². The number of methoxy groups -OCH3 is 1. The van der Waals surface area contributed by atoms with Gasteiger partial charge in [-0.2, -0.15) is 30.0 Å². The lowest BCUT2D eigenvalue weighted by molar-refractivity contribution is 0.00819. The zero-order chi connectivity index (χ0) is 21.2. The summed E-state index contributed by atoms with van der Waals surface area (Å²) in [5.74, 6) is 2.02. The van der Waals surface area contributed by atoms with Gasteiger partial charge < -0.3 is 4.74 Å². The smallest absolute Gasteiger partial charge is 0.379 e. The van der Waals surface area contributed by atoms with Crippen LogP contribution in [0.3, 0.4) is 0 Å². The number of alkyl halides is 3. The Morgan fingerprint density at radius 3 is 2.48 bits per heavy atom. The van der Waals surface area contributed by atoms with Gasteiger partial charge in [0.2, 0.25) is 0 Å². The zero-order valence-corrected chi connectivity index (χ0v) is 17.6. The molecular formula is C22H25F3N2OS. The normalized spacial score (nSPS) is 13.3. The van der Waals surface area contributed by atoms with Crippen LogP contribution in [-0.4, -0.2) is 35.6 Å². The van der Waals surface area contributed by atoms with Crippen molar-refractivity contribution < 1.29 is 17.9 Å². The highest BCUT2D eigenvalue weighted by atomic mass is 32.2. The van der Waals surface area contributed by atoms with Crippen LogP contribution in [0.2, 0.25) is 0 Å². The van der Waals surface area contributed by atoms with Crippen molar-refractivity contribution in [3.8, 4) is 11.4 Å². The van der Waals surface area contributed by atoms with Crippen LogP contribution in [0.25, 0.3) is 11.3 Å². The van der Waals surface area contributed by atoms with E-state index in [1.54, 1.807) is 7.11 Å². The number of thioether (sulfide) groups is 1. The lowest BCUT2D eigenvalue weighted by Gasteiger charge is -2.09. The highest BCUT2D eigenvalue weighted by Gasteiger charge is 2.11. The number of ether oxygens (including phenoxy) is 1. The molecule has 0 aliphatic heterocycles. The van der Waals surface area contributed by atoms with Crippen LogP contribution in [0.5, 0.6) is 5.75 Å². The molecule has 0 unspecified atom stereocenters. The summed E-state index contributed by atoms with van der Waals surface area (Å²) in [7, 11) is 1.68. The van der Waals surface area contributed by atoms with E-state index in [0.29, 0.717) is 0 Å². The van der Waals surface area contributed by atoms with Crippen molar-refractivity contribution in [1.29, 1.82) is 0 Å². The third-order valence-corrected chi connectivity index (χ3v) is 4.86. The van der Waals surface area contributed by atoms with Gasteiger partial charge in [-0.3, -0.25) is 0 Å². The molecule has 2 aromatic rings. The first kappa shape index (κ1) is 22.9. The molecule has 1 aliphatic rings. The van der Waals surface area contributed by atoms with E-state index < -0.39 is 6.68 Å². The van der Waals surface area contributed by atoms with E-state index >= 15 is 0 Å². The Labute approximate surface area is 174 Å². The first-order valence-corrected chi connectivity index (χ1v) is 10.5. The fourth-order valence-electron chi connectivity index (χ4n) is 2.88. The quantitative estimate of drug-likeness (QED) is 0.540. The number of rotatable bonds is 6. The standard InChI is InChI=1S/C21H24N2OS.CHF3/c1-16-15-21(18-6-4-5-17(7-8-18)13-14-25-3)23(22-16)19-9-11-20(24-2)12-10-19;2-1(3)4/h4,6-12,15H,5,13-14H2,1-3H3;1H. The Kier molecular flexibility index (Phi) is 9.12. The summed E-state index contributed by atoms with van der Waals surface area (Å²) < 4.78 is 36.3. The van der Waals surface area contributed by atoms with Gasteiger partial charge >= 0.3 is 6.68 Å². The Hall–Kier alpha value is -2.41. The van der Waals surface area contributed by atoms with Gasteiger partial charge in [0.1, 0.15) is 5.75 Å². The first-order chi connectivity index (χ1) is 13.9. The molecule has 29 heavy (non-hydrogen) atoms. The van der Waals surface area contributed by atoms with Crippen LogP contribution >= 0.6 is 11.8 Å². The van der Waals surface area contributed by atoms with Crippen LogP contribution in [0.1, 0.15) is 24.2 Å². The molecule has 1 aromatic carbocycles. The molecule has 0 bridgehead atoms. The highest BCUT2D eigenvalue weighted by molar-refractivity contribution is 7.98. The Morgan fingerprint density at radius 1 is 1.17 bits per heavy atom. The summed E-state index contributed by atoms with van der Waals surface area (Å²) in [6.07, 6.45) is 13.3. The minimum Gasteiger partial charge on any atom is -0.497 e. The number of benzene rings is 1. The maximum Gasteiger partial charge on any atom is 0.379 e. The van der Waals surface area contributed by atoms with Gasteiger partial charge in [0.25, 0.3) is 0 Å². The average molecular weight is 423 g/mol. The van der Waals surface area contributed by atoms with Crippen LogP contribution in [0.4, 0.5) is 13.2 Å². The van der Waals surface area contributed by atoms with Gasteiger partial charge in [-0.05, 0) is 67.7 Å². The summed E-state index contributed by atoms with van der Waals surface area (Å²) >= 11 is 1.90. The van der Waals surface area contributed by atoms with Crippen molar-refractivity contribution in [3.63, 3.8) is 0 Å². The van der Waals surface area contributed by atoms with E-state index in [2.05, 4.69) is 41.7 Å². The molecule has 0 amide bonds. The molecule has 3 rings (SSSR count). The van der Waals surface area contributed by atoms with E-state index in [1.807, 2.05) is 47.6 Å². The van der Waals surface area contributed by atoms with Crippen molar-refractivity contribution in [2.24, 2.45) is 0 Å². The molecule has 1 heterocycles. The fourth-order valence-corrected chi connectivity index (χ4v) is 3.35. The van der Waals surface area contributed by atoms with Gasteiger partial charge in [-0.15, -0.1) is 0 Å². The Balaban J connectivity index is 0.000000687. The van der Waals surface area contributed by atoms with Gasteiger partial charge in [-0.25, -0.2) is 4.68 Å². The van der Waals surface area contributed by atoms with Crippen LogP contribution in [0, 0.1) is 6.92 Å². The minimum absolute atomic E-state index is 0.851. The van der Waals surface area contributed by atoms with E-state index in [0.717, 1.165) is 35.7 Å². The lowest BCUT2D eigenvalue weighted by atomic mass is 10.1. The van der Waals surface area contributed by atoms with Gasteiger partial charge in [0, 0.05) is 0 Å². The molecule has 156 valence electrons. The van der Waals surface area contributed by atoms with Crippen molar-refractivity contribution in [3.05, 3.63) is 71.6 Å². The van der Waals surface area contributed by atoms with E-state index in [4.69, 9.17) is 4.74 Å². The third-order valence-electron chi connectivity index (χ3n) is 4.25. The second-order valence-electron chi connectivity index (χ2n) is 6.32. The fraction of sp³-hybridized carbons (Fsp3) is 0.318. The first-order valence-electron chi connectivity index (χ1n) is 9.13. The molecule has 1 aliphatic carbocycles. The number of nitrogens with zero attached hydrogens (tertiary/aromatic N) is 2. The highest BCUT2D eigenvalue weighted by Crippen LogP contribution is 2.26. The van der Waals surface area contributed by atoms with Crippen molar-refractivity contribution >= 4 is 17.3 Å². The molecular weight excluding hydrogens is 397 g/mol. The third kappa shape index (κ3) is 7.16. The number of aryl methyl sites for hydroxylation is 1. The molecule has 0 fully saturated rings. The van der Waals surface area contributed by atoms with Crippen LogP contribution in [0.15, 0.2) is 60.2 Å². The van der Waals surface area contributed by atoms with Crippen molar-refractivity contribution in [2.45, 2.75) is 26.4 Å². The summed E-state index contributed by atoms with van der Waals surface area (Å²) in [5.41, 5.74) is 5.83. The molecule has 0 saturated heterocycles. The predicted molar refractivity (Wildman–Crippen MR) is 115 cm³/mol. The zero-order valence-electron chi connectivity index (χ0n) is 16.7. The maximum absolute atomic E-state index is 9.67. The number of halogens is 3. The summed E-state index contributed by atoms with van der Waals surface area (Å²) in [4.78, 5) is 0.